The molecular weight excluding hydrogens is 531 g/mol. The number of rotatable bonds is 9. The van der Waals surface area contributed by atoms with E-state index in [1.165, 1.54) is 0 Å². The van der Waals surface area contributed by atoms with Gasteiger partial charge in [-0.25, -0.2) is 4.99 Å². The van der Waals surface area contributed by atoms with Gasteiger partial charge in [0, 0.05) is 23.5 Å². The first-order valence-corrected chi connectivity index (χ1v) is 11.1. The van der Waals surface area contributed by atoms with Crippen LogP contribution in [0.25, 0.3) is 11.0 Å². The Morgan fingerprint density at radius 2 is 1.97 bits per heavy atom. The van der Waals surface area contributed by atoms with E-state index in [1.54, 1.807) is 0 Å². The molecule has 1 fully saturated rings. The fourth-order valence-electron chi connectivity index (χ4n) is 3.45. The molecule has 3 aromatic rings. The number of hydrogen-bond donors (Lipinski definition) is 3. The molecule has 0 saturated heterocycles. The van der Waals surface area contributed by atoms with Crippen molar-refractivity contribution in [1.82, 2.24) is 16.0 Å². The minimum atomic E-state index is -0.0737. The highest BCUT2D eigenvalue weighted by molar-refractivity contribution is 14.0. The number of furan rings is 1. The second kappa shape index (κ2) is 11.9. The molecular formula is C25H31IN4O3. The molecule has 1 amide bonds. The molecule has 1 aliphatic rings. The van der Waals surface area contributed by atoms with E-state index in [9.17, 15) is 4.79 Å². The molecule has 1 saturated carbocycles. The van der Waals surface area contributed by atoms with Crippen LogP contribution < -0.4 is 20.7 Å². The summed E-state index contributed by atoms with van der Waals surface area (Å²) in [4.78, 5) is 16.5. The van der Waals surface area contributed by atoms with Gasteiger partial charge in [-0.15, -0.1) is 24.0 Å². The Balaban J connectivity index is 0.00000306. The first-order chi connectivity index (χ1) is 15.6. The number of nitrogens with one attached hydrogen (secondary N) is 3. The number of hydrogen-bond acceptors (Lipinski definition) is 4. The van der Waals surface area contributed by atoms with Crippen LogP contribution in [-0.4, -0.2) is 31.1 Å². The summed E-state index contributed by atoms with van der Waals surface area (Å²) in [6.07, 6.45) is 2.13. The van der Waals surface area contributed by atoms with Gasteiger partial charge >= 0.3 is 0 Å². The first kappa shape index (κ1) is 24.9. The first-order valence-electron chi connectivity index (χ1n) is 11.1. The molecule has 8 heteroatoms. The number of carbonyl (C=O) groups is 1. The Morgan fingerprint density at radius 1 is 1.15 bits per heavy atom. The van der Waals surface area contributed by atoms with Crippen LogP contribution in [0.3, 0.4) is 0 Å². The lowest BCUT2D eigenvalue weighted by Crippen LogP contribution is -2.36. The number of carbonyl (C=O) groups excluding carboxylic acids is 1. The van der Waals surface area contributed by atoms with Crippen LogP contribution >= 0.6 is 24.0 Å². The van der Waals surface area contributed by atoms with E-state index >= 15 is 0 Å². The minimum Gasteiger partial charge on any atom is -0.484 e. The number of fused-ring (bicyclic) bond motifs is 1. The molecule has 4 rings (SSSR count). The Bertz CT molecular complexity index is 1110. The van der Waals surface area contributed by atoms with Crippen molar-refractivity contribution in [3.05, 3.63) is 65.4 Å². The fraction of sp³-hybridized carbons (Fsp3) is 0.360. The Labute approximate surface area is 211 Å². The Morgan fingerprint density at radius 3 is 2.73 bits per heavy atom. The predicted octanol–water partition coefficient (Wildman–Crippen LogP) is 4.27. The van der Waals surface area contributed by atoms with Gasteiger partial charge in [-0.2, -0.15) is 0 Å². The quantitative estimate of drug-likeness (QED) is 0.206. The van der Waals surface area contributed by atoms with Gasteiger partial charge in [0.2, 0.25) is 0 Å². The molecule has 1 heterocycles. The zero-order valence-electron chi connectivity index (χ0n) is 19.0. The van der Waals surface area contributed by atoms with Gasteiger partial charge < -0.3 is 25.1 Å². The van der Waals surface area contributed by atoms with E-state index in [-0.39, 0.29) is 36.5 Å². The van der Waals surface area contributed by atoms with E-state index in [2.05, 4.69) is 33.9 Å². The third-order valence-electron chi connectivity index (χ3n) is 5.33. The summed E-state index contributed by atoms with van der Waals surface area (Å²) in [5.74, 6) is 2.20. The zero-order valence-corrected chi connectivity index (χ0v) is 21.3. The Kier molecular flexibility index (Phi) is 8.99. The van der Waals surface area contributed by atoms with E-state index in [0.717, 1.165) is 47.2 Å². The standard InChI is InChI=1S/C25H30N4O3.HI/c1-3-26-25(28-15-23-17(2)21-9-4-5-10-22(21)32-23)27-14-18-7-6-8-20(13-18)31-16-24(30)29-19-11-12-19;/h4-10,13,19H,3,11-12,14-16H2,1-2H3,(H,29,30)(H2,26,27,28);1H. The summed E-state index contributed by atoms with van der Waals surface area (Å²) in [7, 11) is 0. The van der Waals surface area contributed by atoms with E-state index < -0.39 is 0 Å². The van der Waals surface area contributed by atoms with Crippen molar-refractivity contribution >= 4 is 46.8 Å². The second-order valence-electron chi connectivity index (χ2n) is 7.97. The topological polar surface area (TPSA) is 87.9 Å². The van der Waals surface area contributed by atoms with Crippen molar-refractivity contribution < 1.29 is 13.9 Å². The van der Waals surface area contributed by atoms with Crippen LogP contribution in [0.2, 0.25) is 0 Å². The van der Waals surface area contributed by atoms with E-state index in [4.69, 9.17) is 9.15 Å². The van der Waals surface area contributed by atoms with E-state index in [0.29, 0.717) is 30.8 Å². The number of amides is 1. The third kappa shape index (κ3) is 7.12. The predicted molar refractivity (Wildman–Crippen MR) is 141 cm³/mol. The van der Waals surface area contributed by atoms with Crippen LogP contribution in [-0.2, 0) is 17.9 Å². The molecule has 0 spiro atoms. The number of aliphatic imine (C=N–C) groups is 1. The molecule has 0 aliphatic heterocycles. The lowest BCUT2D eigenvalue weighted by molar-refractivity contribution is -0.123. The van der Waals surface area contributed by atoms with Crippen molar-refractivity contribution in [2.24, 2.45) is 4.99 Å². The molecule has 33 heavy (non-hydrogen) atoms. The van der Waals surface area contributed by atoms with Crippen molar-refractivity contribution in [3.8, 4) is 5.75 Å². The lowest BCUT2D eigenvalue weighted by Gasteiger charge is -2.11. The summed E-state index contributed by atoms with van der Waals surface area (Å²) >= 11 is 0. The molecule has 2 aromatic carbocycles. The van der Waals surface area contributed by atoms with Crippen molar-refractivity contribution in [3.63, 3.8) is 0 Å². The highest BCUT2D eigenvalue weighted by Crippen LogP contribution is 2.24. The SMILES string of the molecule is CCNC(=NCc1cccc(OCC(=O)NC2CC2)c1)NCc1oc2ccccc2c1C.I. The van der Waals surface area contributed by atoms with Gasteiger partial charge in [-0.05, 0) is 50.5 Å². The summed E-state index contributed by atoms with van der Waals surface area (Å²) in [5.41, 5.74) is 3.04. The third-order valence-corrected chi connectivity index (χ3v) is 5.33. The van der Waals surface area contributed by atoms with Gasteiger partial charge in [-0.1, -0.05) is 30.3 Å². The van der Waals surface area contributed by atoms with Crippen LogP contribution in [0.5, 0.6) is 5.75 Å². The van der Waals surface area contributed by atoms with Crippen molar-refractivity contribution in [2.75, 3.05) is 13.2 Å². The number of para-hydroxylation sites is 1. The summed E-state index contributed by atoms with van der Waals surface area (Å²) in [5, 5.41) is 10.7. The molecule has 1 aliphatic carbocycles. The van der Waals surface area contributed by atoms with Gasteiger partial charge in [-0.3, -0.25) is 4.79 Å². The summed E-state index contributed by atoms with van der Waals surface area (Å²) in [6.45, 7) is 5.92. The second-order valence-corrected chi connectivity index (χ2v) is 7.97. The maximum atomic E-state index is 11.8. The smallest absolute Gasteiger partial charge is 0.258 e. The highest BCUT2D eigenvalue weighted by Gasteiger charge is 2.23. The van der Waals surface area contributed by atoms with Gasteiger partial charge in [0.15, 0.2) is 12.6 Å². The van der Waals surface area contributed by atoms with Gasteiger partial charge in [0.05, 0.1) is 13.1 Å². The number of aryl methyl sites for hydroxylation is 1. The van der Waals surface area contributed by atoms with Crippen molar-refractivity contribution in [2.45, 2.75) is 45.8 Å². The van der Waals surface area contributed by atoms with Crippen LogP contribution in [0.4, 0.5) is 0 Å². The summed E-state index contributed by atoms with van der Waals surface area (Å²) in [6, 6.07) is 16.1. The number of guanidine groups is 1. The molecule has 0 atom stereocenters. The van der Waals surface area contributed by atoms with Gasteiger partial charge in [0.1, 0.15) is 17.1 Å². The molecule has 0 unspecified atom stereocenters. The normalized spacial score (nSPS) is 13.3. The van der Waals surface area contributed by atoms with Gasteiger partial charge in [0.25, 0.3) is 5.91 Å². The molecule has 176 valence electrons. The highest BCUT2D eigenvalue weighted by atomic mass is 127. The Hall–Kier alpha value is -2.75. The van der Waals surface area contributed by atoms with Crippen LogP contribution in [0, 0.1) is 6.92 Å². The largest absolute Gasteiger partial charge is 0.484 e. The number of halogens is 1. The maximum Gasteiger partial charge on any atom is 0.258 e. The van der Waals surface area contributed by atoms with Crippen molar-refractivity contribution in [1.29, 1.82) is 0 Å². The zero-order chi connectivity index (χ0) is 22.3. The molecule has 3 N–H and O–H groups in total. The van der Waals surface area contributed by atoms with Crippen LogP contribution in [0.1, 0.15) is 36.7 Å². The minimum absolute atomic E-state index is 0. The molecule has 0 radical (unpaired) electrons. The van der Waals surface area contributed by atoms with E-state index in [1.807, 2.05) is 49.4 Å². The lowest BCUT2D eigenvalue weighted by atomic mass is 10.1. The average molecular weight is 562 g/mol. The summed E-state index contributed by atoms with van der Waals surface area (Å²) < 4.78 is 11.6. The fourth-order valence-corrected chi connectivity index (χ4v) is 3.45. The maximum absolute atomic E-state index is 11.8. The number of nitrogens with zero attached hydrogens (tertiary/aromatic N) is 1. The monoisotopic (exact) mass is 562 g/mol. The number of benzene rings is 2. The molecule has 0 bridgehead atoms. The molecule has 1 aromatic heterocycles. The number of ether oxygens (including phenoxy) is 1. The molecule has 7 nitrogen and oxygen atoms in total. The average Bonchev–Trinajstić information content (AvgIpc) is 3.56. The van der Waals surface area contributed by atoms with Crippen LogP contribution in [0.15, 0.2) is 57.9 Å².